The molecule has 2 aromatic carbocycles. The molecule has 2 heterocycles. The minimum Gasteiger partial charge on any atom is -0.496 e. The minimum absolute atomic E-state index is 0.0287. The number of anilines is 1. The molecule has 0 radical (unpaired) electrons. The Balaban J connectivity index is 1.57. The molecule has 1 unspecified atom stereocenters. The number of halogens is 1. The SMILES string of the molecule is COc1ccccc1-c1nc(C2CC(=O)N(c3ccc(Cl)cc3)C2)no1. The van der Waals surface area contributed by atoms with E-state index in [1.54, 1.807) is 24.1 Å². The molecule has 0 N–H and O–H groups in total. The Morgan fingerprint density at radius 2 is 1.96 bits per heavy atom. The first-order valence-electron chi connectivity index (χ1n) is 8.18. The second-order valence-corrected chi connectivity index (χ2v) is 6.48. The van der Waals surface area contributed by atoms with Gasteiger partial charge in [0.1, 0.15) is 5.75 Å². The molecular weight excluding hydrogens is 354 g/mol. The molecule has 1 fully saturated rings. The number of amides is 1. The van der Waals surface area contributed by atoms with Gasteiger partial charge in [0.15, 0.2) is 5.82 Å². The largest absolute Gasteiger partial charge is 0.496 e. The Hall–Kier alpha value is -2.86. The van der Waals surface area contributed by atoms with Crippen LogP contribution in [0.4, 0.5) is 5.69 Å². The lowest BCUT2D eigenvalue weighted by Gasteiger charge is -2.16. The highest BCUT2D eigenvalue weighted by molar-refractivity contribution is 6.30. The monoisotopic (exact) mass is 369 g/mol. The number of para-hydroxylation sites is 1. The van der Waals surface area contributed by atoms with E-state index in [-0.39, 0.29) is 11.8 Å². The van der Waals surface area contributed by atoms with Crippen molar-refractivity contribution in [3.63, 3.8) is 0 Å². The molecule has 1 aliphatic heterocycles. The summed E-state index contributed by atoms with van der Waals surface area (Å²) in [6.07, 6.45) is 0.341. The van der Waals surface area contributed by atoms with Crippen molar-refractivity contribution >= 4 is 23.2 Å². The quantitative estimate of drug-likeness (QED) is 0.697. The Kier molecular flexibility index (Phi) is 4.34. The summed E-state index contributed by atoms with van der Waals surface area (Å²) in [5.74, 6) is 1.48. The van der Waals surface area contributed by atoms with Crippen molar-refractivity contribution in [1.29, 1.82) is 0 Å². The molecule has 1 aliphatic rings. The van der Waals surface area contributed by atoms with E-state index < -0.39 is 0 Å². The van der Waals surface area contributed by atoms with Crippen LogP contribution in [0.25, 0.3) is 11.5 Å². The summed E-state index contributed by atoms with van der Waals surface area (Å²) in [5.41, 5.74) is 1.54. The van der Waals surface area contributed by atoms with Gasteiger partial charge in [0.2, 0.25) is 5.91 Å². The third kappa shape index (κ3) is 3.04. The van der Waals surface area contributed by atoms with E-state index in [0.29, 0.717) is 35.5 Å². The number of ether oxygens (including phenoxy) is 1. The summed E-state index contributed by atoms with van der Waals surface area (Å²) in [6, 6.07) is 14.6. The molecule has 132 valence electrons. The van der Waals surface area contributed by atoms with E-state index in [0.717, 1.165) is 11.3 Å². The summed E-state index contributed by atoms with van der Waals surface area (Å²) in [7, 11) is 1.59. The molecule has 1 saturated heterocycles. The van der Waals surface area contributed by atoms with E-state index in [9.17, 15) is 4.79 Å². The predicted octanol–water partition coefficient (Wildman–Crippen LogP) is 3.92. The van der Waals surface area contributed by atoms with Crippen LogP contribution in [0.3, 0.4) is 0 Å². The number of carbonyl (C=O) groups excluding carboxylic acids is 1. The molecule has 6 nitrogen and oxygen atoms in total. The van der Waals surface area contributed by atoms with Gasteiger partial charge in [0, 0.05) is 29.6 Å². The third-order valence-electron chi connectivity index (χ3n) is 4.41. The van der Waals surface area contributed by atoms with E-state index >= 15 is 0 Å². The molecule has 4 rings (SSSR count). The number of carbonyl (C=O) groups is 1. The van der Waals surface area contributed by atoms with Crippen LogP contribution in [0.5, 0.6) is 5.75 Å². The number of benzene rings is 2. The number of aromatic nitrogens is 2. The fraction of sp³-hybridized carbons (Fsp3) is 0.211. The average molecular weight is 370 g/mol. The van der Waals surface area contributed by atoms with Crippen LogP contribution in [-0.2, 0) is 4.79 Å². The second kappa shape index (κ2) is 6.80. The molecule has 0 saturated carbocycles. The van der Waals surface area contributed by atoms with Crippen LogP contribution in [-0.4, -0.2) is 29.7 Å². The highest BCUT2D eigenvalue weighted by Crippen LogP contribution is 2.33. The molecule has 1 aromatic heterocycles. The summed E-state index contributed by atoms with van der Waals surface area (Å²) < 4.78 is 10.7. The Morgan fingerprint density at radius 1 is 1.19 bits per heavy atom. The van der Waals surface area contributed by atoms with Gasteiger partial charge < -0.3 is 14.2 Å². The van der Waals surface area contributed by atoms with Crippen molar-refractivity contribution < 1.29 is 14.1 Å². The first-order valence-corrected chi connectivity index (χ1v) is 8.56. The van der Waals surface area contributed by atoms with Crippen molar-refractivity contribution in [2.45, 2.75) is 12.3 Å². The number of rotatable bonds is 4. The van der Waals surface area contributed by atoms with Crippen molar-refractivity contribution in [3.8, 4) is 17.2 Å². The Bertz CT molecular complexity index is 939. The van der Waals surface area contributed by atoms with Crippen LogP contribution < -0.4 is 9.64 Å². The van der Waals surface area contributed by atoms with Gasteiger partial charge in [-0.2, -0.15) is 4.98 Å². The highest BCUT2D eigenvalue weighted by atomic mass is 35.5. The average Bonchev–Trinajstić information content (AvgIpc) is 3.29. The topological polar surface area (TPSA) is 68.5 Å². The maximum Gasteiger partial charge on any atom is 0.261 e. The van der Waals surface area contributed by atoms with Gasteiger partial charge in [-0.25, -0.2) is 0 Å². The van der Waals surface area contributed by atoms with Crippen LogP contribution in [0.1, 0.15) is 18.2 Å². The zero-order valence-corrected chi connectivity index (χ0v) is 14.8. The van der Waals surface area contributed by atoms with Gasteiger partial charge in [-0.3, -0.25) is 4.79 Å². The standard InChI is InChI=1S/C19H16ClN3O3/c1-25-16-5-3-2-4-15(16)19-21-18(22-26-19)12-10-17(24)23(11-12)14-8-6-13(20)7-9-14/h2-9,12H,10-11H2,1H3. The van der Waals surface area contributed by atoms with Crippen molar-refractivity contribution in [3.05, 3.63) is 59.4 Å². The normalized spacial score (nSPS) is 16.9. The lowest BCUT2D eigenvalue weighted by molar-refractivity contribution is -0.117. The van der Waals surface area contributed by atoms with Crippen molar-refractivity contribution in [1.82, 2.24) is 10.1 Å². The van der Waals surface area contributed by atoms with Gasteiger partial charge >= 0.3 is 0 Å². The van der Waals surface area contributed by atoms with Crippen LogP contribution >= 0.6 is 11.6 Å². The molecule has 0 spiro atoms. The molecule has 7 heteroatoms. The first-order chi connectivity index (χ1) is 12.7. The zero-order valence-electron chi connectivity index (χ0n) is 14.1. The van der Waals surface area contributed by atoms with Crippen molar-refractivity contribution in [2.75, 3.05) is 18.6 Å². The van der Waals surface area contributed by atoms with Crippen molar-refractivity contribution in [2.24, 2.45) is 0 Å². The number of nitrogens with zero attached hydrogens (tertiary/aromatic N) is 3. The van der Waals surface area contributed by atoms with E-state index in [4.69, 9.17) is 20.9 Å². The van der Waals surface area contributed by atoms with Crippen LogP contribution in [0.2, 0.25) is 5.02 Å². The number of hydrogen-bond acceptors (Lipinski definition) is 5. The molecule has 1 amide bonds. The summed E-state index contributed by atoms with van der Waals surface area (Å²) in [4.78, 5) is 18.6. The van der Waals surface area contributed by atoms with E-state index in [1.165, 1.54) is 0 Å². The van der Waals surface area contributed by atoms with Gasteiger partial charge in [-0.15, -0.1) is 0 Å². The van der Waals surface area contributed by atoms with Gasteiger partial charge in [-0.1, -0.05) is 28.9 Å². The fourth-order valence-electron chi connectivity index (χ4n) is 3.08. The molecule has 26 heavy (non-hydrogen) atoms. The molecule has 0 aliphatic carbocycles. The fourth-order valence-corrected chi connectivity index (χ4v) is 3.21. The highest BCUT2D eigenvalue weighted by Gasteiger charge is 2.34. The Labute approximate surface area is 155 Å². The lowest BCUT2D eigenvalue weighted by atomic mass is 10.1. The number of hydrogen-bond donors (Lipinski definition) is 0. The summed E-state index contributed by atoms with van der Waals surface area (Å²) in [6.45, 7) is 0.505. The van der Waals surface area contributed by atoms with Gasteiger partial charge in [0.05, 0.1) is 12.7 Å². The lowest BCUT2D eigenvalue weighted by Crippen LogP contribution is -2.24. The van der Waals surface area contributed by atoms with Crippen LogP contribution in [0, 0.1) is 0 Å². The summed E-state index contributed by atoms with van der Waals surface area (Å²) >= 11 is 5.92. The van der Waals surface area contributed by atoms with E-state index in [1.807, 2.05) is 36.4 Å². The third-order valence-corrected chi connectivity index (χ3v) is 4.66. The summed E-state index contributed by atoms with van der Waals surface area (Å²) in [5, 5.41) is 4.72. The molecule has 0 bridgehead atoms. The smallest absolute Gasteiger partial charge is 0.261 e. The molecule has 3 aromatic rings. The maximum atomic E-state index is 12.4. The Morgan fingerprint density at radius 3 is 2.73 bits per heavy atom. The second-order valence-electron chi connectivity index (χ2n) is 6.04. The number of methoxy groups -OCH3 is 1. The van der Waals surface area contributed by atoms with Gasteiger partial charge in [0.25, 0.3) is 5.89 Å². The molecule has 1 atom stereocenters. The maximum absolute atomic E-state index is 12.4. The van der Waals surface area contributed by atoms with Gasteiger partial charge in [-0.05, 0) is 36.4 Å². The van der Waals surface area contributed by atoms with E-state index in [2.05, 4.69) is 10.1 Å². The van der Waals surface area contributed by atoms with Crippen LogP contribution in [0.15, 0.2) is 53.1 Å². The first kappa shape index (κ1) is 16.6. The minimum atomic E-state index is -0.120. The molecular formula is C19H16ClN3O3. The predicted molar refractivity (Wildman–Crippen MR) is 97.4 cm³/mol. The zero-order chi connectivity index (χ0) is 18.1.